The number of pyridine rings is 2. The molecular weight excluding hydrogens is 392 g/mol. The summed E-state index contributed by atoms with van der Waals surface area (Å²) in [5.74, 6) is 0.772. The fourth-order valence-corrected chi connectivity index (χ4v) is 3.10. The van der Waals surface area contributed by atoms with Gasteiger partial charge in [0.1, 0.15) is 5.82 Å². The van der Waals surface area contributed by atoms with E-state index >= 15 is 0 Å². The van der Waals surface area contributed by atoms with Gasteiger partial charge in [0.25, 0.3) is 0 Å². The Bertz CT molecular complexity index is 1100. The average molecular weight is 419 g/mol. The molecule has 31 heavy (non-hydrogen) atoms. The Morgan fingerprint density at radius 1 is 1.19 bits per heavy atom. The van der Waals surface area contributed by atoms with Crippen molar-refractivity contribution in [3.8, 4) is 0 Å². The number of hydrogen-bond acceptors (Lipinski definition) is 5. The number of amidine groups is 1. The second kappa shape index (κ2) is 10.3. The van der Waals surface area contributed by atoms with Crippen LogP contribution in [0.1, 0.15) is 37.2 Å². The fourth-order valence-electron chi connectivity index (χ4n) is 3.10. The second-order valence-corrected chi connectivity index (χ2v) is 6.87. The third-order valence-corrected chi connectivity index (χ3v) is 4.43. The van der Waals surface area contributed by atoms with E-state index in [4.69, 9.17) is 4.99 Å². The zero-order valence-corrected chi connectivity index (χ0v) is 17.8. The van der Waals surface area contributed by atoms with Crippen LogP contribution in [0.3, 0.4) is 0 Å². The van der Waals surface area contributed by atoms with E-state index in [1.165, 1.54) is 6.92 Å². The first-order chi connectivity index (χ1) is 15.0. The highest BCUT2D eigenvalue weighted by molar-refractivity contribution is 6.10. The van der Waals surface area contributed by atoms with Crippen molar-refractivity contribution in [1.29, 1.82) is 0 Å². The van der Waals surface area contributed by atoms with Crippen LogP contribution in [0.5, 0.6) is 0 Å². The van der Waals surface area contributed by atoms with Crippen molar-refractivity contribution in [2.45, 2.75) is 26.9 Å². The van der Waals surface area contributed by atoms with Crippen LogP contribution in [0.2, 0.25) is 0 Å². The van der Waals surface area contributed by atoms with Crippen LogP contribution in [0, 0.1) is 0 Å². The third kappa shape index (κ3) is 5.64. The van der Waals surface area contributed by atoms with Gasteiger partial charge in [-0.1, -0.05) is 19.1 Å². The zero-order valence-electron chi connectivity index (χ0n) is 17.8. The van der Waals surface area contributed by atoms with Gasteiger partial charge in [-0.2, -0.15) is 0 Å². The summed E-state index contributed by atoms with van der Waals surface area (Å²) in [4.78, 5) is 24.9. The number of aliphatic hydroxyl groups excluding tert-OH is 1. The number of amides is 1. The Kier molecular flexibility index (Phi) is 7.29. The van der Waals surface area contributed by atoms with E-state index in [1.807, 2.05) is 55.1 Å². The fraction of sp³-hybridized carbons (Fsp3) is 0.217. The smallest absolute Gasteiger partial charge is 0.222 e. The number of aryl methyl sites for hydroxylation is 1. The Labute approximate surface area is 181 Å². The molecule has 1 amide bonds. The second-order valence-electron chi connectivity index (χ2n) is 6.87. The van der Waals surface area contributed by atoms with Crippen molar-refractivity contribution in [1.82, 2.24) is 14.5 Å². The number of allylic oxidation sites excluding steroid dienone is 1. The van der Waals surface area contributed by atoms with Crippen LogP contribution in [0.4, 0.5) is 11.5 Å². The summed E-state index contributed by atoms with van der Waals surface area (Å²) < 4.78 is 1.90. The first kappa shape index (κ1) is 21.9. The van der Waals surface area contributed by atoms with Crippen molar-refractivity contribution >= 4 is 28.9 Å². The van der Waals surface area contributed by atoms with E-state index in [1.54, 1.807) is 24.5 Å². The Hall–Kier alpha value is -3.78. The molecule has 0 radical (unpaired) electrons. The number of carbonyl (C=O) groups excluding carboxylic acids is 1. The van der Waals surface area contributed by atoms with Gasteiger partial charge in [0.15, 0.2) is 5.84 Å². The predicted molar refractivity (Wildman–Crippen MR) is 123 cm³/mol. The van der Waals surface area contributed by atoms with Crippen molar-refractivity contribution in [3.63, 3.8) is 0 Å². The zero-order chi connectivity index (χ0) is 22.2. The number of aliphatic hydroxyl groups is 1. The standard InChI is InChI=1S/C23H26N6O2/c1-4-7-20(19-8-5-6-11-24-19)28-23(22-17(15-30)10-13-29(22)3)27-18-9-12-25-21(14-18)26-16(2)31/h5-14,30H,4,15H2,1-3H3,(H2,25,26,27,28,31)/b20-7+. The van der Waals surface area contributed by atoms with Crippen molar-refractivity contribution in [2.24, 2.45) is 12.0 Å². The maximum atomic E-state index is 11.4. The van der Waals surface area contributed by atoms with Gasteiger partial charge >= 0.3 is 0 Å². The number of hydrogen-bond donors (Lipinski definition) is 3. The molecule has 0 saturated carbocycles. The van der Waals surface area contributed by atoms with Crippen molar-refractivity contribution in [2.75, 3.05) is 10.6 Å². The summed E-state index contributed by atoms with van der Waals surface area (Å²) in [6.45, 7) is 3.34. The first-order valence-corrected chi connectivity index (χ1v) is 9.98. The molecule has 0 aliphatic carbocycles. The monoisotopic (exact) mass is 418 g/mol. The number of aliphatic imine (C=N–C) groups is 1. The maximum Gasteiger partial charge on any atom is 0.222 e. The number of carbonyl (C=O) groups is 1. The van der Waals surface area contributed by atoms with Crippen LogP contribution in [0.15, 0.2) is 66.1 Å². The number of rotatable bonds is 7. The predicted octanol–water partition coefficient (Wildman–Crippen LogP) is 3.58. The SMILES string of the molecule is CC/C=C(/N=C(Nc1ccnc(NC(C)=O)c1)c1c(CO)ccn1C)c1ccccn1. The molecule has 8 nitrogen and oxygen atoms in total. The highest BCUT2D eigenvalue weighted by atomic mass is 16.3. The molecule has 0 aliphatic rings. The summed E-state index contributed by atoms with van der Waals surface area (Å²) in [5.41, 5.74) is 3.64. The van der Waals surface area contributed by atoms with Crippen molar-refractivity contribution < 1.29 is 9.90 Å². The lowest BCUT2D eigenvalue weighted by molar-refractivity contribution is -0.114. The molecule has 8 heteroatoms. The molecule has 3 rings (SSSR count). The van der Waals surface area contributed by atoms with Gasteiger partial charge in [0.05, 0.1) is 23.7 Å². The van der Waals surface area contributed by atoms with Gasteiger partial charge in [-0.25, -0.2) is 9.98 Å². The maximum absolute atomic E-state index is 11.4. The van der Waals surface area contributed by atoms with Crippen molar-refractivity contribution in [3.05, 3.63) is 78.0 Å². The summed E-state index contributed by atoms with van der Waals surface area (Å²) in [6.07, 6.45) is 7.99. The van der Waals surface area contributed by atoms with E-state index < -0.39 is 0 Å². The lowest BCUT2D eigenvalue weighted by Crippen LogP contribution is -2.19. The average Bonchev–Trinajstić information content (AvgIpc) is 3.13. The molecule has 0 saturated heterocycles. The number of anilines is 2. The molecule has 3 aromatic rings. The highest BCUT2D eigenvalue weighted by Gasteiger charge is 2.16. The molecule has 0 aromatic carbocycles. The minimum Gasteiger partial charge on any atom is -0.392 e. The van der Waals surface area contributed by atoms with E-state index in [-0.39, 0.29) is 12.5 Å². The van der Waals surface area contributed by atoms with Gasteiger partial charge in [-0.05, 0) is 30.7 Å². The van der Waals surface area contributed by atoms with Crippen LogP contribution < -0.4 is 10.6 Å². The van der Waals surface area contributed by atoms with Crippen LogP contribution in [-0.2, 0) is 18.4 Å². The summed E-state index contributed by atoms with van der Waals surface area (Å²) >= 11 is 0. The highest BCUT2D eigenvalue weighted by Crippen LogP contribution is 2.21. The molecule has 0 unspecified atom stereocenters. The molecule has 0 aliphatic heterocycles. The molecular formula is C23H26N6O2. The third-order valence-electron chi connectivity index (χ3n) is 4.43. The minimum atomic E-state index is -0.202. The van der Waals surface area contributed by atoms with Gasteiger partial charge in [0, 0.05) is 49.9 Å². The molecule has 3 N–H and O–H groups in total. The molecule has 3 aromatic heterocycles. The minimum absolute atomic E-state index is 0.124. The van der Waals surface area contributed by atoms with E-state index in [9.17, 15) is 9.90 Å². The normalized spacial score (nSPS) is 12.0. The Morgan fingerprint density at radius 3 is 2.71 bits per heavy atom. The van der Waals surface area contributed by atoms with E-state index in [0.717, 1.165) is 23.4 Å². The number of aromatic nitrogens is 3. The van der Waals surface area contributed by atoms with Gasteiger partial charge in [0.2, 0.25) is 5.91 Å². The lowest BCUT2D eigenvalue weighted by Gasteiger charge is -2.15. The quantitative estimate of drug-likeness (QED) is 0.402. The first-order valence-electron chi connectivity index (χ1n) is 9.98. The molecule has 0 spiro atoms. The molecule has 160 valence electrons. The van der Waals surface area contributed by atoms with Gasteiger partial charge in [-0.3, -0.25) is 9.78 Å². The van der Waals surface area contributed by atoms with E-state index in [2.05, 4.69) is 20.6 Å². The number of nitrogens with zero attached hydrogens (tertiary/aromatic N) is 4. The largest absolute Gasteiger partial charge is 0.392 e. The molecule has 0 bridgehead atoms. The molecule has 0 fully saturated rings. The topological polar surface area (TPSA) is 104 Å². The number of nitrogens with one attached hydrogen (secondary N) is 2. The Morgan fingerprint density at radius 2 is 2.03 bits per heavy atom. The Balaban J connectivity index is 2.09. The summed E-state index contributed by atoms with van der Waals surface area (Å²) in [7, 11) is 1.89. The van der Waals surface area contributed by atoms with Crippen LogP contribution in [-0.4, -0.2) is 31.4 Å². The van der Waals surface area contributed by atoms with Gasteiger partial charge in [-0.15, -0.1) is 0 Å². The van der Waals surface area contributed by atoms with Gasteiger partial charge < -0.3 is 20.3 Å². The van der Waals surface area contributed by atoms with E-state index in [0.29, 0.717) is 23.0 Å². The summed E-state index contributed by atoms with van der Waals surface area (Å²) in [6, 6.07) is 11.0. The molecule has 0 atom stereocenters. The van der Waals surface area contributed by atoms with Crippen LogP contribution >= 0.6 is 0 Å². The summed E-state index contributed by atoms with van der Waals surface area (Å²) in [5, 5.41) is 15.9. The van der Waals surface area contributed by atoms with Crippen LogP contribution in [0.25, 0.3) is 5.70 Å². The molecule has 3 heterocycles. The lowest BCUT2D eigenvalue weighted by atomic mass is 10.2.